The van der Waals surface area contributed by atoms with Crippen LogP contribution in [-0.2, 0) is 4.79 Å². The van der Waals surface area contributed by atoms with Crippen molar-refractivity contribution in [3.05, 3.63) is 78.1 Å². The Labute approximate surface area is 190 Å². The van der Waals surface area contributed by atoms with Gasteiger partial charge in [-0.2, -0.15) is 0 Å². The van der Waals surface area contributed by atoms with Crippen LogP contribution in [-0.4, -0.2) is 31.3 Å². The van der Waals surface area contributed by atoms with E-state index >= 15 is 0 Å². The molecule has 3 aromatic rings. The van der Waals surface area contributed by atoms with Gasteiger partial charge in [-0.25, -0.2) is 4.39 Å². The first kappa shape index (κ1) is 23.1. The Morgan fingerprint density at radius 1 is 1.00 bits per heavy atom. The van der Waals surface area contributed by atoms with Crippen LogP contribution in [0.25, 0.3) is 0 Å². The van der Waals surface area contributed by atoms with E-state index in [0.29, 0.717) is 23.7 Å². The molecule has 0 radical (unpaired) electrons. The zero-order valence-corrected chi connectivity index (χ0v) is 18.5. The van der Waals surface area contributed by atoms with Crippen LogP contribution in [0.3, 0.4) is 0 Å². The maximum atomic E-state index is 13.4. The van der Waals surface area contributed by atoms with E-state index in [2.05, 4.69) is 10.6 Å². The van der Waals surface area contributed by atoms with Crippen molar-refractivity contribution in [2.45, 2.75) is 11.8 Å². The molecule has 3 rings (SSSR count). The van der Waals surface area contributed by atoms with Gasteiger partial charge in [0.25, 0.3) is 5.91 Å². The Hall–Kier alpha value is -3.52. The quantitative estimate of drug-likeness (QED) is 0.434. The van der Waals surface area contributed by atoms with Crippen LogP contribution in [0.4, 0.5) is 15.8 Å². The number of ether oxygens (including phenoxy) is 2. The van der Waals surface area contributed by atoms with Crippen molar-refractivity contribution in [3.63, 3.8) is 0 Å². The lowest BCUT2D eigenvalue weighted by molar-refractivity contribution is -0.113. The second kappa shape index (κ2) is 11.2. The van der Waals surface area contributed by atoms with Gasteiger partial charge in [-0.3, -0.25) is 9.59 Å². The number of benzene rings is 3. The number of hydrogen-bond donors (Lipinski definition) is 2. The summed E-state index contributed by atoms with van der Waals surface area (Å²) in [7, 11) is 1.47. The summed E-state index contributed by atoms with van der Waals surface area (Å²) < 4.78 is 24.1. The average Bonchev–Trinajstić information content (AvgIpc) is 2.79. The van der Waals surface area contributed by atoms with E-state index in [4.69, 9.17) is 9.47 Å². The smallest absolute Gasteiger partial charge is 0.255 e. The zero-order chi connectivity index (χ0) is 22.9. The molecule has 0 saturated carbocycles. The molecular weight excluding hydrogens is 431 g/mol. The lowest BCUT2D eigenvalue weighted by atomic mass is 10.2. The maximum Gasteiger partial charge on any atom is 0.255 e. The summed E-state index contributed by atoms with van der Waals surface area (Å²) in [5, 5.41) is 5.50. The number of anilines is 2. The first-order valence-corrected chi connectivity index (χ1v) is 10.9. The van der Waals surface area contributed by atoms with Crippen molar-refractivity contribution in [1.29, 1.82) is 0 Å². The molecule has 32 heavy (non-hydrogen) atoms. The van der Waals surface area contributed by atoms with Crippen LogP contribution in [0.15, 0.2) is 71.6 Å². The summed E-state index contributed by atoms with van der Waals surface area (Å²) in [5.74, 6) is 0.221. The van der Waals surface area contributed by atoms with Gasteiger partial charge in [0.1, 0.15) is 17.3 Å². The first-order valence-electron chi connectivity index (χ1n) is 9.89. The molecule has 0 aromatic heterocycles. The standard InChI is InChI=1S/C24H23FN2O4S/c1-3-31-19-8-10-20(11-9-19)32-15-23(28)26-18-7-12-22(30-2)21(14-18)27-24(29)16-5-4-6-17(25)13-16/h4-14H,3,15H2,1-2H3,(H,26,28)(H,27,29). The molecule has 8 heteroatoms. The second-order valence-electron chi connectivity index (χ2n) is 6.62. The topological polar surface area (TPSA) is 76.7 Å². The molecule has 6 nitrogen and oxygen atoms in total. The van der Waals surface area contributed by atoms with Gasteiger partial charge in [0, 0.05) is 16.1 Å². The Balaban J connectivity index is 1.62. The van der Waals surface area contributed by atoms with Crippen molar-refractivity contribution >= 4 is 35.0 Å². The number of halogens is 1. The second-order valence-corrected chi connectivity index (χ2v) is 7.67. The van der Waals surface area contributed by atoms with E-state index in [1.165, 1.54) is 37.1 Å². The van der Waals surface area contributed by atoms with Crippen LogP contribution in [0.5, 0.6) is 11.5 Å². The number of methoxy groups -OCH3 is 1. The molecule has 0 bridgehead atoms. The van der Waals surface area contributed by atoms with Gasteiger partial charge in [-0.05, 0) is 67.6 Å². The van der Waals surface area contributed by atoms with Gasteiger partial charge in [-0.15, -0.1) is 11.8 Å². The fourth-order valence-corrected chi connectivity index (χ4v) is 3.55. The highest BCUT2D eigenvalue weighted by molar-refractivity contribution is 8.00. The van der Waals surface area contributed by atoms with Crippen molar-refractivity contribution in [2.24, 2.45) is 0 Å². The molecule has 0 atom stereocenters. The third-order valence-electron chi connectivity index (χ3n) is 4.32. The summed E-state index contributed by atoms with van der Waals surface area (Å²) >= 11 is 1.40. The predicted octanol–water partition coefficient (Wildman–Crippen LogP) is 5.22. The largest absolute Gasteiger partial charge is 0.495 e. The number of nitrogens with one attached hydrogen (secondary N) is 2. The molecule has 2 amide bonds. The van der Waals surface area contributed by atoms with E-state index < -0.39 is 11.7 Å². The normalized spacial score (nSPS) is 10.3. The lowest BCUT2D eigenvalue weighted by Gasteiger charge is -2.13. The fourth-order valence-electron chi connectivity index (χ4n) is 2.85. The van der Waals surface area contributed by atoms with Gasteiger partial charge in [0.15, 0.2) is 0 Å². The molecule has 0 fully saturated rings. The highest BCUT2D eigenvalue weighted by Gasteiger charge is 2.13. The molecule has 0 spiro atoms. The monoisotopic (exact) mass is 454 g/mol. The molecule has 0 saturated heterocycles. The fraction of sp³-hybridized carbons (Fsp3) is 0.167. The minimum Gasteiger partial charge on any atom is -0.495 e. The Morgan fingerprint density at radius 2 is 1.78 bits per heavy atom. The van der Waals surface area contributed by atoms with Crippen LogP contribution < -0.4 is 20.1 Å². The van der Waals surface area contributed by atoms with E-state index in [-0.39, 0.29) is 17.2 Å². The van der Waals surface area contributed by atoms with Gasteiger partial charge < -0.3 is 20.1 Å². The molecule has 0 aliphatic heterocycles. The molecule has 0 heterocycles. The number of carbonyl (C=O) groups excluding carboxylic acids is 2. The Kier molecular flexibility index (Phi) is 8.10. The number of rotatable bonds is 9. The molecule has 0 aliphatic rings. The lowest BCUT2D eigenvalue weighted by Crippen LogP contribution is -2.16. The van der Waals surface area contributed by atoms with E-state index in [1.807, 2.05) is 31.2 Å². The summed E-state index contributed by atoms with van der Waals surface area (Å²) in [6.07, 6.45) is 0. The minimum absolute atomic E-state index is 0.174. The van der Waals surface area contributed by atoms with Gasteiger partial charge in [0.2, 0.25) is 5.91 Å². The molecule has 166 valence electrons. The highest BCUT2D eigenvalue weighted by atomic mass is 32.2. The van der Waals surface area contributed by atoms with E-state index in [9.17, 15) is 14.0 Å². The van der Waals surface area contributed by atoms with Crippen LogP contribution in [0.1, 0.15) is 17.3 Å². The zero-order valence-electron chi connectivity index (χ0n) is 17.7. The van der Waals surface area contributed by atoms with Crippen molar-refractivity contribution in [3.8, 4) is 11.5 Å². The first-order chi connectivity index (χ1) is 15.5. The van der Waals surface area contributed by atoms with Gasteiger partial charge >= 0.3 is 0 Å². The predicted molar refractivity (Wildman–Crippen MR) is 124 cm³/mol. The van der Waals surface area contributed by atoms with Crippen molar-refractivity contribution in [1.82, 2.24) is 0 Å². The average molecular weight is 455 g/mol. The van der Waals surface area contributed by atoms with Crippen LogP contribution in [0.2, 0.25) is 0 Å². The van der Waals surface area contributed by atoms with Crippen LogP contribution in [0, 0.1) is 5.82 Å². The minimum atomic E-state index is -0.504. The summed E-state index contributed by atoms with van der Waals surface area (Å²) in [4.78, 5) is 25.8. The molecule has 2 N–H and O–H groups in total. The Morgan fingerprint density at radius 3 is 2.47 bits per heavy atom. The van der Waals surface area contributed by atoms with Gasteiger partial charge in [0.05, 0.1) is 25.2 Å². The van der Waals surface area contributed by atoms with Crippen molar-refractivity contribution in [2.75, 3.05) is 30.1 Å². The third-order valence-corrected chi connectivity index (χ3v) is 5.33. The highest BCUT2D eigenvalue weighted by Crippen LogP contribution is 2.29. The van der Waals surface area contributed by atoms with E-state index in [1.54, 1.807) is 18.2 Å². The summed E-state index contributed by atoms with van der Waals surface area (Å²) in [6, 6.07) is 17.8. The van der Waals surface area contributed by atoms with Crippen molar-refractivity contribution < 1.29 is 23.5 Å². The number of thioether (sulfide) groups is 1. The molecule has 0 aliphatic carbocycles. The van der Waals surface area contributed by atoms with E-state index in [0.717, 1.165) is 16.7 Å². The third kappa shape index (κ3) is 6.49. The Bertz CT molecular complexity index is 1090. The molecule has 3 aromatic carbocycles. The number of amides is 2. The molecular formula is C24H23FN2O4S. The molecule has 0 unspecified atom stereocenters. The number of hydrogen-bond acceptors (Lipinski definition) is 5. The summed E-state index contributed by atoms with van der Waals surface area (Å²) in [6.45, 7) is 2.52. The van der Waals surface area contributed by atoms with Crippen LogP contribution >= 0.6 is 11.8 Å². The summed E-state index contributed by atoms with van der Waals surface area (Å²) in [5.41, 5.74) is 1.03. The number of carbonyl (C=O) groups is 2. The SMILES string of the molecule is CCOc1ccc(SCC(=O)Nc2ccc(OC)c(NC(=O)c3cccc(F)c3)c2)cc1. The van der Waals surface area contributed by atoms with Gasteiger partial charge in [-0.1, -0.05) is 6.07 Å². The maximum absolute atomic E-state index is 13.4.